The third kappa shape index (κ3) is 2.25. The fraction of sp³-hybridized carbons (Fsp3) is 0.286. The molecule has 0 saturated heterocycles. The molecule has 0 radical (unpaired) electrons. The molecule has 1 aromatic heterocycles. The predicted molar refractivity (Wildman–Crippen MR) is 46.0 cm³/mol. The van der Waals surface area contributed by atoms with Gasteiger partial charge in [0.15, 0.2) is 0 Å². The average molecular weight is 217 g/mol. The summed E-state index contributed by atoms with van der Waals surface area (Å²) in [6.45, 7) is 0.203. The van der Waals surface area contributed by atoms with E-state index in [0.717, 1.165) is 4.47 Å². The van der Waals surface area contributed by atoms with E-state index in [1.165, 1.54) is 0 Å². The molecule has 1 heterocycles. The molecular weight excluding hydrogens is 208 g/mol. The van der Waals surface area contributed by atoms with Crippen molar-refractivity contribution in [1.82, 2.24) is 4.98 Å². The number of rotatable bonds is 2. The molecule has 3 N–H and O–H groups in total. The van der Waals surface area contributed by atoms with Crippen molar-refractivity contribution in [2.24, 2.45) is 5.73 Å². The van der Waals surface area contributed by atoms with Gasteiger partial charge in [0, 0.05) is 17.2 Å². The zero-order chi connectivity index (χ0) is 8.27. The van der Waals surface area contributed by atoms with Crippen LogP contribution < -0.4 is 5.73 Å². The number of aliphatic hydroxyl groups excluding tert-OH is 1. The molecule has 0 unspecified atom stereocenters. The van der Waals surface area contributed by atoms with Gasteiger partial charge in [0.05, 0.1) is 5.69 Å². The number of aliphatic hydroxyl groups is 1. The monoisotopic (exact) mass is 216 g/mol. The Morgan fingerprint density at radius 1 is 1.64 bits per heavy atom. The highest BCUT2D eigenvalue weighted by molar-refractivity contribution is 9.10. The molecule has 0 saturated carbocycles. The van der Waals surface area contributed by atoms with E-state index in [-0.39, 0.29) is 6.54 Å². The van der Waals surface area contributed by atoms with Gasteiger partial charge in [-0.15, -0.1) is 0 Å². The van der Waals surface area contributed by atoms with Crippen LogP contribution in [0.5, 0.6) is 0 Å². The summed E-state index contributed by atoms with van der Waals surface area (Å²) in [5.74, 6) is 0. The summed E-state index contributed by atoms with van der Waals surface area (Å²) >= 11 is 3.24. The molecule has 0 fully saturated rings. The lowest BCUT2D eigenvalue weighted by Gasteiger charge is -2.05. The number of hydrogen-bond donors (Lipinski definition) is 2. The number of halogens is 1. The molecule has 1 rings (SSSR count). The van der Waals surface area contributed by atoms with Crippen LogP contribution in [0.25, 0.3) is 0 Å². The van der Waals surface area contributed by atoms with Gasteiger partial charge < -0.3 is 10.8 Å². The highest BCUT2D eigenvalue weighted by Crippen LogP contribution is 2.12. The fourth-order valence-electron chi connectivity index (χ4n) is 0.705. The predicted octanol–water partition coefficient (Wildman–Crippen LogP) is 0.836. The zero-order valence-corrected chi connectivity index (χ0v) is 7.45. The summed E-state index contributed by atoms with van der Waals surface area (Å²) < 4.78 is 0.894. The second-order valence-electron chi connectivity index (χ2n) is 2.15. The first kappa shape index (κ1) is 8.64. The van der Waals surface area contributed by atoms with Crippen LogP contribution in [0.2, 0.25) is 0 Å². The molecule has 60 valence electrons. The van der Waals surface area contributed by atoms with Gasteiger partial charge in [-0.05, 0) is 28.1 Å². The SMILES string of the molecule is NC[C@@H](O)c1ccc(Br)cn1. The number of aromatic nitrogens is 1. The molecule has 0 aliphatic heterocycles. The Bertz CT molecular complexity index is 224. The first-order valence-electron chi connectivity index (χ1n) is 3.23. The van der Waals surface area contributed by atoms with Crippen molar-refractivity contribution in [1.29, 1.82) is 0 Å². The average Bonchev–Trinajstić information content (AvgIpc) is 2.05. The maximum Gasteiger partial charge on any atom is 0.108 e. The molecule has 0 aromatic carbocycles. The molecular formula is C7H9BrN2O. The number of nitrogens with zero attached hydrogens (tertiary/aromatic N) is 1. The minimum atomic E-state index is -0.650. The van der Waals surface area contributed by atoms with Crippen molar-refractivity contribution in [3.05, 3.63) is 28.5 Å². The van der Waals surface area contributed by atoms with Crippen molar-refractivity contribution in [3.8, 4) is 0 Å². The zero-order valence-electron chi connectivity index (χ0n) is 5.87. The first-order chi connectivity index (χ1) is 5.24. The van der Waals surface area contributed by atoms with Crippen molar-refractivity contribution in [2.45, 2.75) is 6.10 Å². The quantitative estimate of drug-likeness (QED) is 0.771. The molecule has 1 aromatic rings. The number of hydrogen-bond acceptors (Lipinski definition) is 3. The first-order valence-corrected chi connectivity index (χ1v) is 4.03. The minimum Gasteiger partial charge on any atom is -0.385 e. The second kappa shape index (κ2) is 3.80. The molecule has 4 heteroatoms. The third-order valence-corrected chi connectivity index (χ3v) is 1.78. The van der Waals surface area contributed by atoms with Gasteiger partial charge in [-0.2, -0.15) is 0 Å². The highest BCUT2D eigenvalue weighted by Gasteiger charge is 2.04. The van der Waals surface area contributed by atoms with E-state index < -0.39 is 6.10 Å². The Kier molecular flexibility index (Phi) is 2.99. The summed E-state index contributed by atoms with van der Waals surface area (Å²) in [5.41, 5.74) is 5.85. The normalized spacial score (nSPS) is 13.0. The topological polar surface area (TPSA) is 59.1 Å². The summed E-state index contributed by atoms with van der Waals surface area (Å²) in [5, 5.41) is 9.22. The highest BCUT2D eigenvalue weighted by atomic mass is 79.9. The van der Waals surface area contributed by atoms with Gasteiger partial charge in [-0.25, -0.2) is 0 Å². The summed E-state index contributed by atoms with van der Waals surface area (Å²) in [6, 6.07) is 3.56. The van der Waals surface area contributed by atoms with Crippen LogP contribution in [0.3, 0.4) is 0 Å². The van der Waals surface area contributed by atoms with Crippen LogP contribution in [0.1, 0.15) is 11.8 Å². The standard InChI is InChI=1S/C7H9BrN2O/c8-5-1-2-6(10-4-5)7(11)3-9/h1-2,4,7,11H,3,9H2/t7-/m1/s1. The largest absolute Gasteiger partial charge is 0.385 e. The van der Waals surface area contributed by atoms with E-state index in [1.807, 2.05) is 6.07 Å². The Balaban J connectivity index is 2.81. The molecule has 0 amide bonds. The lowest BCUT2D eigenvalue weighted by molar-refractivity contribution is 0.182. The van der Waals surface area contributed by atoms with Gasteiger partial charge in [-0.3, -0.25) is 4.98 Å². The van der Waals surface area contributed by atoms with Crippen LogP contribution in [-0.4, -0.2) is 16.6 Å². The maximum absolute atomic E-state index is 9.22. The summed E-state index contributed by atoms with van der Waals surface area (Å²) in [6.07, 6.45) is 0.983. The number of pyridine rings is 1. The smallest absolute Gasteiger partial charge is 0.108 e. The van der Waals surface area contributed by atoms with Crippen LogP contribution in [0.4, 0.5) is 0 Å². The van der Waals surface area contributed by atoms with Gasteiger partial charge >= 0.3 is 0 Å². The molecule has 11 heavy (non-hydrogen) atoms. The lowest BCUT2D eigenvalue weighted by atomic mass is 10.2. The van der Waals surface area contributed by atoms with Gasteiger partial charge in [0.25, 0.3) is 0 Å². The third-order valence-electron chi connectivity index (χ3n) is 1.31. The Morgan fingerprint density at radius 3 is 2.82 bits per heavy atom. The molecule has 0 aliphatic rings. The van der Waals surface area contributed by atoms with Crippen molar-refractivity contribution < 1.29 is 5.11 Å². The Morgan fingerprint density at radius 2 is 2.36 bits per heavy atom. The molecule has 1 atom stereocenters. The summed E-state index contributed by atoms with van der Waals surface area (Å²) in [7, 11) is 0. The van der Waals surface area contributed by atoms with Gasteiger partial charge in [-0.1, -0.05) is 0 Å². The lowest BCUT2D eigenvalue weighted by Crippen LogP contribution is -2.12. The van der Waals surface area contributed by atoms with E-state index >= 15 is 0 Å². The van der Waals surface area contributed by atoms with Crippen LogP contribution >= 0.6 is 15.9 Å². The maximum atomic E-state index is 9.22. The molecule has 0 bridgehead atoms. The van der Waals surface area contributed by atoms with E-state index in [1.54, 1.807) is 12.3 Å². The van der Waals surface area contributed by atoms with Crippen molar-refractivity contribution in [2.75, 3.05) is 6.54 Å². The van der Waals surface area contributed by atoms with Gasteiger partial charge in [0.1, 0.15) is 6.10 Å². The number of nitrogens with two attached hydrogens (primary N) is 1. The Hall–Kier alpha value is -0.450. The van der Waals surface area contributed by atoms with Crippen LogP contribution in [-0.2, 0) is 0 Å². The van der Waals surface area contributed by atoms with E-state index in [4.69, 9.17) is 5.73 Å². The molecule has 3 nitrogen and oxygen atoms in total. The fourth-order valence-corrected chi connectivity index (χ4v) is 0.940. The molecule has 0 aliphatic carbocycles. The van der Waals surface area contributed by atoms with Crippen LogP contribution in [0.15, 0.2) is 22.8 Å². The van der Waals surface area contributed by atoms with Crippen molar-refractivity contribution in [3.63, 3.8) is 0 Å². The van der Waals surface area contributed by atoms with Gasteiger partial charge in [0.2, 0.25) is 0 Å². The van der Waals surface area contributed by atoms with E-state index in [9.17, 15) is 5.11 Å². The molecule has 0 spiro atoms. The summed E-state index contributed by atoms with van der Waals surface area (Å²) in [4.78, 5) is 3.97. The van der Waals surface area contributed by atoms with E-state index in [0.29, 0.717) is 5.69 Å². The second-order valence-corrected chi connectivity index (χ2v) is 3.07. The van der Waals surface area contributed by atoms with E-state index in [2.05, 4.69) is 20.9 Å². The Labute approximate surface area is 73.4 Å². The van der Waals surface area contributed by atoms with Crippen molar-refractivity contribution >= 4 is 15.9 Å². The van der Waals surface area contributed by atoms with Crippen LogP contribution in [0, 0.1) is 0 Å². The minimum absolute atomic E-state index is 0.203.